The SMILES string of the molecule is FC(F)(F)C1CCC(c2nnc3n2-c2ccc(Cl)cc2CC2(C3)OC=CO2)CC1. The third kappa shape index (κ3) is 3.27. The van der Waals surface area contributed by atoms with Crippen LogP contribution in [0.4, 0.5) is 13.2 Å². The third-order valence-electron chi connectivity index (χ3n) is 6.10. The molecule has 5 nitrogen and oxygen atoms in total. The number of aromatic nitrogens is 3. The maximum Gasteiger partial charge on any atom is 0.391 e. The summed E-state index contributed by atoms with van der Waals surface area (Å²) in [4.78, 5) is 0. The lowest BCUT2D eigenvalue weighted by molar-refractivity contribution is -0.182. The molecular weight excluding hydrogens is 407 g/mol. The number of halogens is 4. The van der Waals surface area contributed by atoms with E-state index >= 15 is 0 Å². The summed E-state index contributed by atoms with van der Waals surface area (Å²) in [5.41, 5.74) is 1.79. The van der Waals surface area contributed by atoms with Crippen LogP contribution in [0.1, 0.15) is 48.8 Å². The average molecular weight is 426 g/mol. The van der Waals surface area contributed by atoms with E-state index in [-0.39, 0.29) is 18.8 Å². The summed E-state index contributed by atoms with van der Waals surface area (Å²) in [6.45, 7) is 0. The van der Waals surface area contributed by atoms with Crippen LogP contribution >= 0.6 is 11.6 Å². The van der Waals surface area contributed by atoms with Gasteiger partial charge in [-0.25, -0.2) is 0 Å². The summed E-state index contributed by atoms with van der Waals surface area (Å²) in [5.74, 6) is -0.844. The predicted octanol–water partition coefficient (Wildman–Crippen LogP) is 5.07. The van der Waals surface area contributed by atoms with Crippen molar-refractivity contribution in [2.75, 3.05) is 0 Å². The standard InChI is InChI=1S/C20H19ClF3N3O2/c21-15-5-6-16-13(9-15)10-19(28-7-8-29-19)11-17-25-26-18(27(16)17)12-1-3-14(4-2-12)20(22,23)24/h5-9,12,14H,1-4,10-11H2. The summed E-state index contributed by atoms with van der Waals surface area (Å²) in [7, 11) is 0. The van der Waals surface area contributed by atoms with E-state index < -0.39 is 17.9 Å². The van der Waals surface area contributed by atoms with Crippen LogP contribution in [-0.4, -0.2) is 26.7 Å². The predicted molar refractivity (Wildman–Crippen MR) is 98.6 cm³/mol. The van der Waals surface area contributed by atoms with Crippen LogP contribution in [0.2, 0.25) is 5.02 Å². The molecule has 1 spiro atoms. The summed E-state index contributed by atoms with van der Waals surface area (Å²) < 4.78 is 52.7. The number of rotatable bonds is 1. The van der Waals surface area contributed by atoms with Crippen LogP contribution in [0.3, 0.4) is 0 Å². The molecule has 3 heterocycles. The van der Waals surface area contributed by atoms with Gasteiger partial charge in [0.1, 0.15) is 24.2 Å². The highest BCUT2D eigenvalue weighted by atomic mass is 35.5. The second-order valence-electron chi connectivity index (χ2n) is 7.95. The largest absolute Gasteiger partial charge is 0.456 e. The van der Waals surface area contributed by atoms with Crippen LogP contribution in [0.25, 0.3) is 5.69 Å². The Labute approximate surface area is 170 Å². The summed E-state index contributed by atoms with van der Waals surface area (Å²) in [6.07, 6.45) is 0.831. The molecular formula is C20H19ClF3N3O2. The molecule has 1 aliphatic carbocycles. The maximum absolute atomic E-state index is 13.1. The summed E-state index contributed by atoms with van der Waals surface area (Å²) in [5, 5.41) is 9.35. The van der Waals surface area contributed by atoms with Crippen molar-refractivity contribution in [3.63, 3.8) is 0 Å². The monoisotopic (exact) mass is 425 g/mol. The molecule has 0 radical (unpaired) electrons. The van der Waals surface area contributed by atoms with Gasteiger partial charge in [0.2, 0.25) is 0 Å². The number of alkyl halides is 3. The van der Waals surface area contributed by atoms with Crippen LogP contribution in [-0.2, 0) is 22.3 Å². The number of hydrogen-bond donors (Lipinski definition) is 0. The molecule has 9 heteroatoms. The van der Waals surface area contributed by atoms with Crippen molar-refractivity contribution >= 4 is 11.6 Å². The van der Waals surface area contributed by atoms with Gasteiger partial charge in [-0.3, -0.25) is 4.57 Å². The van der Waals surface area contributed by atoms with Gasteiger partial charge < -0.3 is 9.47 Å². The van der Waals surface area contributed by atoms with E-state index in [0.717, 1.165) is 11.3 Å². The molecule has 0 atom stereocenters. The van der Waals surface area contributed by atoms with Gasteiger partial charge in [0.05, 0.1) is 24.4 Å². The Morgan fingerprint density at radius 2 is 1.76 bits per heavy atom. The van der Waals surface area contributed by atoms with Gasteiger partial charge in [-0.15, -0.1) is 10.2 Å². The fourth-order valence-corrected chi connectivity index (χ4v) is 4.85. The maximum atomic E-state index is 13.1. The van der Waals surface area contributed by atoms with Crippen molar-refractivity contribution < 1.29 is 22.6 Å². The highest BCUT2D eigenvalue weighted by molar-refractivity contribution is 6.30. The van der Waals surface area contributed by atoms with Crippen molar-refractivity contribution in [3.05, 3.63) is 53.0 Å². The Morgan fingerprint density at radius 1 is 1.03 bits per heavy atom. The van der Waals surface area contributed by atoms with Gasteiger partial charge in [0.25, 0.3) is 5.79 Å². The van der Waals surface area contributed by atoms with Crippen LogP contribution in [0.5, 0.6) is 0 Å². The van der Waals surface area contributed by atoms with E-state index in [0.29, 0.717) is 42.4 Å². The molecule has 5 rings (SSSR count). The van der Waals surface area contributed by atoms with Crippen molar-refractivity contribution in [3.8, 4) is 5.69 Å². The number of fused-ring (bicyclic) bond motifs is 3. The van der Waals surface area contributed by atoms with Gasteiger partial charge in [0, 0.05) is 10.9 Å². The molecule has 3 aliphatic rings. The molecule has 1 saturated carbocycles. The van der Waals surface area contributed by atoms with Crippen molar-refractivity contribution in [1.82, 2.24) is 14.8 Å². The van der Waals surface area contributed by atoms with E-state index in [4.69, 9.17) is 21.1 Å². The number of hydrogen-bond acceptors (Lipinski definition) is 4. The molecule has 0 bridgehead atoms. The van der Waals surface area contributed by atoms with Crippen LogP contribution < -0.4 is 0 Å². The molecule has 1 fully saturated rings. The minimum atomic E-state index is -4.13. The summed E-state index contributed by atoms with van der Waals surface area (Å²) in [6, 6.07) is 5.56. The number of benzene rings is 1. The normalized spacial score (nSPS) is 25.1. The first kappa shape index (κ1) is 18.8. The van der Waals surface area contributed by atoms with E-state index in [2.05, 4.69) is 10.2 Å². The zero-order valence-electron chi connectivity index (χ0n) is 15.5. The quantitative estimate of drug-likeness (QED) is 0.640. The first-order valence-corrected chi connectivity index (χ1v) is 10.0. The molecule has 2 aromatic rings. The lowest BCUT2D eigenvalue weighted by atomic mass is 9.81. The van der Waals surface area contributed by atoms with Gasteiger partial charge in [0.15, 0.2) is 0 Å². The second-order valence-corrected chi connectivity index (χ2v) is 8.38. The fraction of sp³-hybridized carbons (Fsp3) is 0.500. The van der Waals surface area contributed by atoms with Crippen LogP contribution in [0.15, 0.2) is 30.7 Å². The second kappa shape index (κ2) is 6.65. The smallest absolute Gasteiger partial charge is 0.391 e. The van der Waals surface area contributed by atoms with Gasteiger partial charge >= 0.3 is 6.18 Å². The molecule has 29 heavy (non-hydrogen) atoms. The minimum absolute atomic E-state index is 0.0732. The van der Waals surface area contributed by atoms with Crippen molar-refractivity contribution in [1.29, 1.82) is 0 Å². The molecule has 0 unspecified atom stereocenters. The van der Waals surface area contributed by atoms with E-state index in [1.807, 2.05) is 16.7 Å². The molecule has 1 aromatic heterocycles. The molecule has 0 saturated heterocycles. The first-order chi connectivity index (χ1) is 13.8. The van der Waals surface area contributed by atoms with Crippen LogP contribution in [0, 0.1) is 5.92 Å². The summed E-state index contributed by atoms with van der Waals surface area (Å²) >= 11 is 6.23. The lowest BCUT2D eigenvalue weighted by Crippen LogP contribution is -2.35. The number of ether oxygens (including phenoxy) is 2. The Bertz CT molecular complexity index is 956. The number of nitrogens with zero attached hydrogens (tertiary/aromatic N) is 3. The highest BCUT2D eigenvalue weighted by Crippen LogP contribution is 2.44. The average Bonchev–Trinajstić information content (AvgIpc) is 3.26. The van der Waals surface area contributed by atoms with E-state index in [1.54, 1.807) is 6.07 Å². The molecule has 1 aromatic carbocycles. The highest BCUT2D eigenvalue weighted by Gasteiger charge is 2.45. The minimum Gasteiger partial charge on any atom is -0.456 e. The molecule has 2 aliphatic heterocycles. The van der Waals surface area contributed by atoms with Gasteiger partial charge in [-0.2, -0.15) is 13.2 Å². The first-order valence-electron chi connectivity index (χ1n) is 9.65. The Balaban J connectivity index is 1.53. The molecule has 0 N–H and O–H groups in total. The van der Waals surface area contributed by atoms with Gasteiger partial charge in [-0.05, 0) is 49.4 Å². The molecule has 0 amide bonds. The Hall–Kier alpha value is -2.22. The third-order valence-corrected chi connectivity index (χ3v) is 6.34. The van der Waals surface area contributed by atoms with E-state index in [1.165, 1.54) is 12.5 Å². The van der Waals surface area contributed by atoms with Gasteiger partial charge in [-0.1, -0.05) is 11.6 Å². The molecule has 154 valence electrons. The zero-order valence-corrected chi connectivity index (χ0v) is 16.2. The van der Waals surface area contributed by atoms with Crippen molar-refractivity contribution in [2.45, 2.75) is 56.4 Å². The lowest BCUT2D eigenvalue weighted by Gasteiger charge is -2.29. The fourth-order valence-electron chi connectivity index (χ4n) is 4.66. The van der Waals surface area contributed by atoms with E-state index in [9.17, 15) is 13.2 Å². The zero-order chi connectivity index (χ0) is 20.2. The van der Waals surface area contributed by atoms with Crippen molar-refractivity contribution in [2.24, 2.45) is 5.92 Å². The Morgan fingerprint density at radius 3 is 2.45 bits per heavy atom. The Kier molecular flexibility index (Phi) is 4.31. The topological polar surface area (TPSA) is 49.2 Å².